The van der Waals surface area contributed by atoms with Gasteiger partial charge < -0.3 is 5.09 Å². The van der Waals surface area contributed by atoms with Crippen LogP contribution in [0.3, 0.4) is 0 Å². The van der Waals surface area contributed by atoms with Crippen LogP contribution in [0.5, 0.6) is 0 Å². The van der Waals surface area contributed by atoms with Gasteiger partial charge in [-0.15, -0.1) is 0 Å². The third-order valence-corrected chi connectivity index (χ3v) is 1.42. The zero-order chi connectivity index (χ0) is 6.69. The van der Waals surface area contributed by atoms with Gasteiger partial charge in [-0.05, 0) is 27.9 Å². The number of nitrogens with zero attached hydrogens (tertiary/aromatic N) is 1. The number of nitrogens with one attached hydrogen (secondary N) is 1. The normalized spacial score (nSPS) is 9.11. The van der Waals surface area contributed by atoms with E-state index in [1.54, 1.807) is 6.20 Å². The van der Waals surface area contributed by atoms with Crippen molar-refractivity contribution < 1.29 is 0 Å². The van der Waals surface area contributed by atoms with Crippen LogP contribution in [-0.4, -0.2) is 4.98 Å². The first kappa shape index (κ1) is 6.50. The van der Waals surface area contributed by atoms with Crippen molar-refractivity contribution in [3.05, 3.63) is 23.9 Å². The summed E-state index contributed by atoms with van der Waals surface area (Å²) in [7, 11) is 2.41. The second kappa shape index (κ2) is 2.79. The quantitative estimate of drug-likeness (QED) is 0.599. The summed E-state index contributed by atoms with van der Waals surface area (Å²) in [5.74, 6) is 0.919. The van der Waals surface area contributed by atoms with Crippen molar-refractivity contribution in [1.82, 2.24) is 4.98 Å². The van der Waals surface area contributed by atoms with Crippen molar-refractivity contribution in [2.45, 2.75) is 6.92 Å². The van der Waals surface area contributed by atoms with Crippen LogP contribution in [0.25, 0.3) is 0 Å². The Kier molecular flexibility index (Phi) is 2.01. The molecule has 9 heavy (non-hydrogen) atoms. The van der Waals surface area contributed by atoms with E-state index in [1.165, 1.54) is 0 Å². The molecule has 1 atom stereocenters. The molecule has 0 amide bonds. The molecule has 0 aliphatic heterocycles. The van der Waals surface area contributed by atoms with Crippen molar-refractivity contribution in [3.63, 3.8) is 0 Å². The maximum Gasteiger partial charge on any atom is 0.131 e. The third-order valence-electron chi connectivity index (χ3n) is 1.15. The van der Waals surface area contributed by atoms with E-state index in [4.69, 9.17) is 0 Å². The number of rotatable bonds is 1. The van der Waals surface area contributed by atoms with Crippen molar-refractivity contribution in [2.75, 3.05) is 5.09 Å². The molecule has 0 aliphatic rings. The summed E-state index contributed by atoms with van der Waals surface area (Å²) in [6, 6.07) is 3.93. The summed E-state index contributed by atoms with van der Waals surface area (Å²) < 4.78 is 0. The third kappa shape index (κ3) is 1.39. The van der Waals surface area contributed by atoms with Gasteiger partial charge in [-0.25, -0.2) is 4.98 Å². The lowest BCUT2D eigenvalue weighted by Gasteiger charge is -1.99. The number of hydrogen-bond donors (Lipinski definition) is 1. The van der Waals surface area contributed by atoms with Crippen LogP contribution in [0, 0.1) is 6.92 Å². The standard InChI is InChI=1S/C6H9N2P/c1-5-3-2-4-7-6(5)8-9/h2-4H,9H2,1H3,(H,7,8). The molecular formula is C6H9N2P. The highest BCUT2D eigenvalue weighted by Crippen LogP contribution is 2.09. The highest BCUT2D eigenvalue weighted by atomic mass is 31.0. The monoisotopic (exact) mass is 140 g/mol. The highest BCUT2D eigenvalue weighted by molar-refractivity contribution is 7.18. The van der Waals surface area contributed by atoms with Crippen molar-refractivity contribution in [2.24, 2.45) is 0 Å². The molecule has 0 saturated heterocycles. The lowest BCUT2D eigenvalue weighted by Crippen LogP contribution is -1.86. The van der Waals surface area contributed by atoms with Crippen LogP contribution in [0.15, 0.2) is 18.3 Å². The van der Waals surface area contributed by atoms with E-state index >= 15 is 0 Å². The van der Waals surface area contributed by atoms with Gasteiger partial charge in [-0.3, -0.25) is 0 Å². The smallest absolute Gasteiger partial charge is 0.131 e. The minimum atomic E-state index is 0.919. The van der Waals surface area contributed by atoms with Crippen LogP contribution in [0.2, 0.25) is 0 Å². The molecule has 48 valence electrons. The second-order valence-electron chi connectivity index (χ2n) is 1.81. The fourth-order valence-electron chi connectivity index (χ4n) is 0.637. The van der Waals surface area contributed by atoms with Gasteiger partial charge in [0.15, 0.2) is 0 Å². The minimum Gasteiger partial charge on any atom is -0.354 e. The molecule has 1 aromatic heterocycles. The number of pyridine rings is 1. The predicted molar refractivity (Wildman–Crippen MR) is 42.3 cm³/mol. The molecule has 2 nitrogen and oxygen atoms in total. The topological polar surface area (TPSA) is 24.9 Å². The van der Waals surface area contributed by atoms with Crippen molar-refractivity contribution in [3.8, 4) is 0 Å². The molecule has 0 aromatic carbocycles. The number of hydrogen-bond acceptors (Lipinski definition) is 2. The van der Waals surface area contributed by atoms with Gasteiger partial charge in [0.05, 0.1) is 0 Å². The molecule has 1 rings (SSSR count). The van der Waals surface area contributed by atoms with Crippen molar-refractivity contribution >= 4 is 15.2 Å². The predicted octanol–water partition coefficient (Wildman–Crippen LogP) is 1.59. The highest BCUT2D eigenvalue weighted by Gasteiger charge is 1.90. The van der Waals surface area contributed by atoms with E-state index in [1.807, 2.05) is 19.1 Å². The molecule has 1 N–H and O–H groups in total. The maximum absolute atomic E-state index is 4.06. The Morgan fingerprint density at radius 1 is 1.67 bits per heavy atom. The average molecular weight is 140 g/mol. The Bertz CT molecular complexity index is 200. The molecule has 3 heteroatoms. The first-order valence-electron chi connectivity index (χ1n) is 2.73. The van der Waals surface area contributed by atoms with Crippen molar-refractivity contribution in [1.29, 1.82) is 0 Å². The van der Waals surface area contributed by atoms with E-state index < -0.39 is 0 Å². The molecule has 0 spiro atoms. The Morgan fingerprint density at radius 2 is 2.44 bits per heavy atom. The molecule has 1 unspecified atom stereocenters. The van der Waals surface area contributed by atoms with Gasteiger partial charge in [0.25, 0.3) is 0 Å². The number of anilines is 1. The van der Waals surface area contributed by atoms with Gasteiger partial charge in [0.2, 0.25) is 0 Å². The SMILES string of the molecule is Cc1cccnc1NP. The zero-order valence-electron chi connectivity index (χ0n) is 5.26. The summed E-state index contributed by atoms with van der Waals surface area (Å²) in [5.41, 5.74) is 1.16. The molecule has 0 radical (unpaired) electrons. The van der Waals surface area contributed by atoms with Crippen LogP contribution < -0.4 is 5.09 Å². The van der Waals surface area contributed by atoms with E-state index in [0.29, 0.717) is 0 Å². The number of aryl methyl sites for hydroxylation is 1. The Balaban J connectivity index is 3.01. The van der Waals surface area contributed by atoms with Crippen LogP contribution in [0.4, 0.5) is 5.82 Å². The summed E-state index contributed by atoms with van der Waals surface area (Å²) in [6.45, 7) is 2.01. The largest absolute Gasteiger partial charge is 0.354 e. The lowest BCUT2D eigenvalue weighted by molar-refractivity contribution is 1.28. The molecule has 0 saturated carbocycles. The summed E-state index contributed by atoms with van der Waals surface area (Å²) >= 11 is 0. The fourth-order valence-corrected chi connectivity index (χ4v) is 0.939. The summed E-state index contributed by atoms with van der Waals surface area (Å²) in [4.78, 5) is 4.06. The number of aromatic nitrogens is 1. The van der Waals surface area contributed by atoms with E-state index in [2.05, 4.69) is 19.5 Å². The van der Waals surface area contributed by atoms with E-state index in [9.17, 15) is 0 Å². The molecule has 1 heterocycles. The van der Waals surface area contributed by atoms with Gasteiger partial charge in [0, 0.05) is 6.20 Å². The molecule has 0 bridgehead atoms. The maximum atomic E-state index is 4.06. The minimum absolute atomic E-state index is 0.919. The molecular weight excluding hydrogens is 131 g/mol. The first-order chi connectivity index (χ1) is 4.34. The summed E-state index contributed by atoms with van der Waals surface area (Å²) in [5, 5.41) is 2.90. The van der Waals surface area contributed by atoms with E-state index in [0.717, 1.165) is 11.4 Å². The van der Waals surface area contributed by atoms with Gasteiger partial charge in [0.1, 0.15) is 5.82 Å². The fraction of sp³-hybridized carbons (Fsp3) is 0.167. The second-order valence-corrected chi connectivity index (χ2v) is 2.10. The Morgan fingerprint density at radius 3 is 2.89 bits per heavy atom. The van der Waals surface area contributed by atoms with Gasteiger partial charge in [-0.2, -0.15) is 0 Å². The van der Waals surface area contributed by atoms with Crippen LogP contribution >= 0.6 is 9.39 Å². The zero-order valence-corrected chi connectivity index (χ0v) is 6.41. The molecule has 0 fully saturated rings. The average Bonchev–Trinajstić information content (AvgIpc) is 1.89. The first-order valence-corrected chi connectivity index (χ1v) is 3.30. The van der Waals surface area contributed by atoms with Crippen LogP contribution in [-0.2, 0) is 0 Å². The van der Waals surface area contributed by atoms with Crippen LogP contribution in [0.1, 0.15) is 5.56 Å². The summed E-state index contributed by atoms with van der Waals surface area (Å²) in [6.07, 6.45) is 1.76. The Labute approximate surface area is 57.0 Å². The molecule has 1 aromatic rings. The Hall–Kier alpha value is -0.620. The van der Waals surface area contributed by atoms with Gasteiger partial charge >= 0.3 is 0 Å². The lowest BCUT2D eigenvalue weighted by atomic mass is 10.3. The molecule has 0 aliphatic carbocycles. The van der Waals surface area contributed by atoms with Gasteiger partial charge in [-0.1, -0.05) is 6.07 Å². The van der Waals surface area contributed by atoms with E-state index in [-0.39, 0.29) is 0 Å².